The molecule has 2 aromatic carbocycles. The maximum absolute atomic E-state index is 13.9. The Morgan fingerprint density at radius 1 is 1.31 bits per heavy atom. The Labute approximate surface area is 193 Å². The van der Waals surface area contributed by atoms with Crippen molar-refractivity contribution in [2.75, 3.05) is 11.1 Å². The molecule has 1 N–H and O–H groups in total. The summed E-state index contributed by atoms with van der Waals surface area (Å²) in [6.45, 7) is 7.64. The molecule has 1 aromatic heterocycles. The van der Waals surface area contributed by atoms with Gasteiger partial charge in [0.15, 0.2) is 28.7 Å². The number of aryl methyl sites for hydroxylation is 1. The van der Waals surface area contributed by atoms with Crippen LogP contribution in [0.4, 0.5) is 14.5 Å². The summed E-state index contributed by atoms with van der Waals surface area (Å²) in [6.07, 6.45) is 0.969. The van der Waals surface area contributed by atoms with Crippen LogP contribution in [0.3, 0.4) is 0 Å². The van der Waals surface area contributed by atoms with Gasteiger partial charge in [-0.15, -0.1) is 16.8 Å². The summed E-state index contributed by atoms with van der Waals surface area (Å²) in [5.74, 6) is -1.33. The molecular formula is C22H21ClF2N4O2S. The Bertz CT molecular complexity index is 1140. The third-order valence-corrected chi connectivity index (χ3v) is 5.63. The normalized spacial score (nSPS) is 11.8. The first-order valence-electron chi connectivity index (χ1n) is 9.63. The number of rotatable bonds is 9. The van der Waals surface area contributed by atoms with Gasteiger partial charge in [-0.1, -0.05) is 35.5 Å². The van der Waals surface area contributed by atoms with Crippen LogP contribution in [0.5, 0.6) is 5.75 Å². The van der Waals surface area contributed by atoms with Crippen LogP contribution in [0.15, 0.2) is 54.2 Å². The molecule has 10 heteroatoms. The number of aromatic nitrogens is 3. The van der Waals surface area contributed by atoms with Crippen molar-refractivity contribution in [2.24, 2.45) is 0 Å². The Kier molecular flexibility index (Phi) is 7.87. The first-order valence-corrected chi connectivity index (χ1v) is 11.0. The second-order valence-electron chi connectivity index (χ2n) is 6.87. The van der Waals surface area contributed by atoms with Crippen LogP contribution in [-0.2, 0) is 11.3 Å². The molecule has 0 aliphatic heterocycles. The van der Waals surface area contributed by atoms with Gasteiger partial charge < -0.3 is 10.1 Å². The first-order chi connectivity index (χ1) is 15.3. The fourth-order valence-electron chi connectivity index (χ4n) is 2.87. The van der Waals surface area contributed by atoms with Crippen LogP contribution >= 0.6 is 23.4 Å². The van der Waals surface area contributed by atoms with Crippen LogP contribution in [0.1, 0.15) is 24.4 Å². The number of nitrogens with one attached hydrogen (secondary N) is 1. The van der Waals surface area contributed by atoms with Crippen LogP contribution in [0.2, 0.25) is 5.02 Å². The van der Waals surface area contributed by atoms with Gasteiger partial charge >= 0.3 is 0 Å². The van der Waals surface area contributed by atoms with E-state index in [2.05, 4.69) is 22.1 Å². The third kappa shape index (κ3) is 5.86. The number of benzene rings is 2. The molecule has 0 aliphatic rings. The molecule has 1 atom stereocenters. The van der Waals surface area contributed by atoms with Gasteiger partial charge in [0.2, 0.25) is 5.91 Å². The molecule has 32 heavy (non-hydrogen) atoms. The highest BCUT2D eigenvalue weighted by Gasteiger charge is 2.21. The number of carbonyl (C=O) groups excluding carboxylic acids is 1. The molecule has 0 fully saturated rings. The second kappa shape index (κ2) is 10.6. The minimum absolute atomic E-state index is 0.0864. The molecule has 1 heterocycles. The lowest BCUT2D eigenvalue weighted by molar-refractivity contribution is -0.113. The van der Waals surface area contributed by atoms with Crippen LogP contribution < -0.4 is 10.1 Å². The molecule has 0 saturated carbocycles. The van der Waals surface area contributed by atoms with Crippen LogP contribution in [0.25, 0.3) is 0 Å². The average Bonchev–Trinajstić information content (AvgIpc) is 3.14. The lowest BCUT2D eigenvalue weighted by Crippen LogP contribution is -2.16. The van der Waals surface area contributed by atoms with Crippen molar-refractivity contribution in [3.63, 3.8) is 0 Å². The van der Waals surface area contributed by atoms with Crippen LogP contribution in [0, 0.1) is 18.6 Å². The third-order valence-electron chi connectivity index (χ3n) is 4.42. The molecule has 3 rings (SSSR count). The van der Waals surface area contributed by atoms with E-state index >= 15 is 0 Å². The molecule has 6 nitrogen and oxygen atoms in total. The molecule has 0 saturated heterocycles. The Balaban J connectivity index is 1.70. The van der Waals surface area contributed by atoms with Crippen molar-refractivity contribution in [3.8, 4) is 5.75 Å². The van der Waals surface area contributed by atoms with Gasteiger partial charge in [-0.05, 0) is 43.7 Å². The largest absolute Gasteiger partial charge is 0.480 e. The molecule has 1 unspecified atom stereocenters. The van der Waals surface area contributed by atoms with Gasteiger partial charge in [-0.25, -0.2) is 8.78 Å². The molecule has 0 aliphatic carbocycles. The van der Waals surface area contributed by atoms with E-state index in [4.69, 9.17) is 16.3 Å². The monoisotopic (exact) mass is 478 g/mol. The topological polar surface area (TPSA) is 69.0 Å². The number of hydrogen-bond donors (Lipinski definition) is 1. The minimum Gasteiger partial charge on any atom is -0.480 e. The average molecular weight is 479 g/mol. The highest BCUT2D eigenvalue weighted by atomic mass is 35.5. The van der Waals surface area contributed by atoms with E-state index in [9.17, 15) is 13.6 Å². The van der Waals surface area contributed by atoms with Crippen molar-refractivity contribution in [2.45, 2.75) is 31.7 Å². The molecule has 0 bridgehead atoms. The zero-order chi connectivity index (χ0) is 23.3. The number of nitrogens with zero attached hydrogens (tertiary/aromatic N) is 3. The van der Waals surface area contributed by atoms with Crippen molar-refractivity contribution in [1.29, 1.82) is 0 Å². The quantitative estimate of drug-likeness (QED) is 0.321. The van der Waals surface area contributed by atoms with E-state index in [-0.39, 0.29) is 17.4 Å². The summed E-state index contributed by atoms with van der Waals surface area (Å²) in [6, 6.07) is 8.34. The molecule has 0 spiro atoms. The van der Waals surface area contributed by atoms with Gasteiger partial charge in [0.1, 0.15) is 5.82 Å². The summed E-state index contributed by atoms with van der Waals surface area (Å²) in [5.41, 5.74) is 1.53. The van der Waals surface area contributed by atoms with Gasteiger partial charge in [-0.2, -0.15) is 0 Å². The van der Waals surface area contributed by atoms with E-state index in [1.165, 1.54) is 17.8 Å². The molecule has 0 radical (unpaired) electrons. The lowest BCUT2D eigenvalue weighted by Gasteiger charge is -2.16. The number of halogens is 3. The highest BCUT2D eigenvalue weighted by molar-refractivity contribution is 7.99. The number of anilines is 1. The standard InChI is InChI=1S/C22H21ClF2N4O2S/c1-4-9-29-21(14(3)31-19-8-7-16(24)11-17(19)25)27-28-22(29)32-12-20(30)26-18-10-15(23)6-5-13(18)2/h4-8,10-11,14H,1,9,12H2,2-3H3,(H,26,30). The van der Waals surface area contributed by atoms with Crippen molar-refractivity contribution < 1.29 is 18.3 Å². The van der Waals surface area contributed by atoms with Gasteiger partial charge in [-0.3, -0.25) is 9.36 Å². The van der Waals surface area contributed by atoms with E-state index in [0.29, 0.717) is 28.2 Å². The van der Waals surface area contributed by atoms with Crippen molar-refractivity contribution in [1.82, 2.24) is 14.8 Å². The molecule has 1 amide bonds. The summed E-state index contributed by atoms with van der Waals surface area (Å²) >= 11 is 7.19. The van der Waals surface area contributed by atoms with E-state index in [1.807, 2.05) is 13.0 Å². The molecular weight excluding hydrogens is 458 g/mol. The SMILES string of the molecule is C=CCn1c(SCC(=O)Nc2cc(Cl)ccc2C)nnc1C(C)Oc1ccc(F)cc1F. The van der Waals surface area contributed by atoms with E-state index < -0.39 is 17.7 Å². The zero-order valence-electron chi connectivity index (χ0n) is 17.4. The van der Waals surface area contributed by atoms with Gasteiger partial charge in [0, 0.05) is 23.3 Å². The van der Waals surface area contributed by atoms with Gasteiger partial charge in [0.25, 0.3) is 0 Å². The Morgan fingerprint density at radius 2 is 2.09 bits per heavy atom. The molecule has 3 aromatic rings. The first kappa shape index (κ1) is 23.7. The van der Waals surface area contributed by atoms with E-state index in [1.54, 1.807) is 29.7 Å². The van der Waals surface area contributed by atoms with Crippen molar-refractivity contribution >= 4 is 35.0 Å². The zero-order valence-corrected chi connectivity index (χ0v) is 19.0. The Hall–Kier alpha value is -2.91. The number of amides is 1. The number of thioether (sulfide) groups is 1. The van der Waals surface area contributed by atoms with Gasteiger partial charge in [0.05, 0.1) is 5.75 Å². The van der Waals surface area contributed by atoms with E-state index in [0.717, 1.165) is 17.7 Å². The number of allylic oxidation sites excluding steroid dienone is 1. The second-order valence-corrected chi connectivity index (χ2v) is 8.25. The molecule has 168 valence electrons. The Morgan fingerprint density at radius 3 is 2.81 bits per heavy atom. The maximum atomic E-state index is 13.9. The summed E-state index contributed by atoms with van der Waals surface area (Å²) in [4.78, 5) is 12.4. The number of hydrogen-bond acceptors (Lipinski definition) is 5. The highest BCUT2D eigenvalue weighted by Crippen LogP contribution is 2.27. The lowest BCUT2D eigenvalue weighted by atomic mass is 10.2. The minimum atomic E-state index is -0.811. The number of carbonyl (C=O) groups is 1. The number of ether oxygens (including phenoxy) is 1. The summed E-state index contributed by atoms with van der Waals surface area (Å²) < 4.78 is 34.4. The fraction of sp³-hybridized carbons (Fsp3) is 0.227. The van der Waals surface area contributed by atoms with Crippen LogP contribution in [-0.4, -0.2) is 26.4 Å². The van der Waals surface area contributed by atoms with Crippen molar-refractivity contribution in [3.05, 3.63) is 77.1 Å². The maximum Gasteiger partial charge on any atom is 0.234 e. The predicted octanol–water partition coefficient (Wildman–Crippen LogP) is 5.57. The smallest absolute Gasteiger partial charge is 0.234 e. The summed E-state index contributed by atoms with van der Waals surface area (Å²) in [7, 11) is 0. The fourth-order valence-corrected chi connectivity index (χ4v) is 3.79. The predicted molar refractivity (Wildman–Crippen MR) is 121 cm³/mol. The summed E-state index contributed by atoms with van der Waals surface area (Å²) in [5, 5.41) is 12.1.